The van der Waals surface area contributed by atoms with Crippen molar-refractivity contribution >= 4 is 17.2 Å². The molecule has 0 saturated carbocycles. The molecule has 1 aromatic rings. The number of aliphatic hydroxyl groups excluding tert-OH is 1. The third-order valence-electron chi connectivity index (χ3n) is 4.80. The molecule has 2 atom stereocenters. The Hall–Kier alpha value is -1.89. The zero-order valence-corrected chi connectivity index (χ0v) is 14.2. The van der Waals surface area contributed by atoms with Crippen LogP contribution in [0.15, 0.2) is 24.4 Å². The Kier molecular flexibility index (Phi) is 4.89. The number of ketones is 1. The van der Waals surface area contributed by atoms with Gasteiger partial charge in [0.1, 0.15) is 0 Å². The van der Waals surface area contributed by atoms with Crippen molar-refractivity contribution < 1.29 is 14.6 Å². The van der Waals surface area contributed by atoms with E-state index in [-0.39, 0.29) is 11.9 Å². The first kappa shape index (κ1) is 17.0. The lowest BCUT2D eigenvalue weighted by Crippen LogP contribution is -2.32. The Morgan fingerprint density at radius 1 is 1.38 bits per heavy atom. The van der Waals surface area contributed by atoms with E-state index in [2.05, 4.69) is 18.7 Å². The zero-order valence-electron chi connectivity index (χ0n) is 14.2. The average Bonchev–Trinajstić information content (AvgIpc) is 2.96. The lowest BCUT2D eigenvalue weighted by Gasteiger charge is -2.29. The van der Waals surface area contributed by atoms with Crippen LogP contribution >= 0.6 is 0 Å². The molecule has 2 aliphatic heterocycles. The Bertz CT molecular complexity index is 659. The highest BCUT2D eigenvalue weighted by Gasteiger charge is 2.32. The van der Waals surface area contributed by atoms with Gasteiger partial charge in [0.15, 0.2) is 5.78 Å². The fourth-order valence-corrected chi connectivity index (χ4v) is 3.46. The van der Waals surface area contributed by atoms with Crippen LogP contribution in [0.2, 0.25) is 0 Å². The summed E-state index contributed by atoms with van der Waals surface area (Å²) in [6, 6.07) is 4.07. The summed E-state index contributed by atoms with van der Waals surface area (Å²) < 4.78 is 5.47. The highest BCUT2D eigenvalue weighted by molar-refractivity contribution is 5.92. The lowest BCUT2D eigenvalue weighted by atomic mass is 9.99. The minimum Gasteiger partial charge on any atom is -0.351 e. The molecule has 6 nitrogen and oxygen atoms in total. The molecule has 2 unspecified atom stereocenters. The van der Waals surface area contributed by atoms with Gasteiger partial charge in [-0.2, -0.15) is 0 Å². The molecule has 2 aliphatic rings. The molecule has 3 rings (SSSR count). The van der Waals surface area contributed by atoms with Gasteiger partial charge in [-0.3, -0.25) is 4.79 Å². The van der Waals surface area contributed by atoms with Gasteiger partial charge in [-0.15, -0.1) is 0 Å². The van der Waals surface area contributed by atoms with Gasteiger partial charge in [-0.1, -0.05) is 6.92 Å². The van der Waals surface area contributed by atoms with Crippen molar-refractivity contribution in [2.45, 2.75) is 39.2 Å². The van der Waals surface area contributed by atoms with Gasteiger partial charge in [0.25, 0.3) is 0 Å². The second-order valence-corrected chi connectivity index (χ2v) is 6.26. The van der Waals surface area contributed by atoms with Crippen molar-refractivity contribution in [3.8, 4) is 0 Å². The molecule has 6 heteroatoms. The summed E-state index contributed by atoms with van der Waals surface area (Å²) in [6.07, 6.45) is 3.76. The van der Waals surface area contributed by atoms with Crippen LogP contribution in [-0.2, 0) is 16.0 Å². The largest absolute Gasteiger partial charge is 0.351 e. The highest BCUT2D eigenvalue weighted by Crippen LogP contribution is 2.35. The Balaban J connectivity index is 1.94. The van der Waals surface area contributed by atoms with Gasteiger partial charge < -0.3 is 25.4 Å². The fraction of sp³-hybridized carbons (Fsp3) is 0.500. The number of nitrogens with two attached hydrogens (primary N) is 1. The van der Waals surface area contributed by atoms with E-state index in [9.17, 15) is 9.90 Å². The standard InChI is InChI=1S/C18H25N3O3/c1-3-15-12(2)16(20-8-6-13(22)7-9-20)4-5-17(15)21-11-14(10-19)24-18(21)23/h4-6,8,14,18,23H,3,7,9-11,19H2,1-2H3. The Morgan fingerprint density at radius 2 is 2.12 bits per heavy atom. The first-order valence-corrected chi connectivity index (χ1v) is 8.45. The number of ether oxygens (including phenoxy) is 1. The molecule has 0 aliphatic carbocycles. The van der Waals surface area contributed by atoms with Crippen LogP contribution in [0, 0.1) is 6.92 Å². The molecule has 130 valence electrons. The smallest absolute Gasteiger partial charge is 0.238 e. The number of nitrogens with zero attached hydrogens (tertiary/aromatic N) is 2. The molecule has 1 saturated heterocycles. The van der Waals surface area contributed by atoms with Crippen molar-refractivity contribution in [2.75, 3.05) is 29.4 Å². The second kappa shape index (κ2) is 6.93. The molecule has 2 heterocycles. The van der Waals surface area contributed by atoms with Crippen molar-refractivity contribution in [3.05, 3.63) is 35.5 Å². The van der Waals surface area contributed by atoms with E-state index >= 15 is 0 Å². The van der Waals surface area contributed by atoms with E-state index < -0.39 is 6.41 Å². The maximum Gasteiger partial charge on any atom is 0.238 e. The predicted molar refractivity (Wildman–Crippen MR) is 93.9 cm³/mol. The minimum absolute atomic E-state index is 0.152. The van der Waals surface area contributed by atoms with E-state index in [1.54, 1.807) is 6.08 Å². The van der Waals surface area contributed by atoms with Crippen molar-refractivity contribution in [1.29, 1.82) is 0 Å². The van der Waals surface area contributed by atoms with E-state index in [1.807, 2.05) is 23.2 Å². The van der Waals surface area contributed by atoms with Gasteiger partial charge in [-0.25, -0.2) is 0 Å². The van der Waals surface area contributed by atoms with Crippen molar-refractivity contribution in [2.24, 2.45) is 5.73 Å². The maximum atomic E-state index is 11.4. The number of carbonyl (C=O) groups excluding carboxylic acids is 1. The van der Waals surface area contributed by atoms with Crippen LogP contribution in [0.25, 0.3) is 0 Å². The third kappa shape index (κ3) is 3.05. The summed E-state index contributed by atoms with van der Waals surface area (Å²) >= 11 is 0. The number of hydrogen-bond donors (Lipinski definition) is 2. The second-order valence-electron chi connectivity index (χ2n) is 6.26. The summed E-state index contributed by atoms with van der Waals surface area (Å²) in [7, 11) is 0. The molecule has 0 aromatic heterocycles. The quantitative estimate of drug-likeness (QED) is 0.865. The lowest BCUT2D eigenvalue weighted by molar-refractivity contribution is -0.114. The number of benzene rings is 1. The molecule has 0 bridgehead atoms. The van der Waals surface area contributed by atoms with E-state index in [4.69, 9.17) is 10.5 Å². The van der Waals surface area contributed by atoms with E-state index in [0.29, 0.717) is 26.1 Å². The molecule has 0 spiro atoms. The Morgan fingerprint density at radius 3 is 2.71 bits per heavy atom. The molecule has 0 amide bonds. The normalized spacial score (nSPS) is 24.1. The first-order chi connectivity index (χ1) is 11.5. The van der Waals surface area contributed by atoms with Gasteiger partial charge >= 0.3 is 0 Å². The maximum absolute atomic E-state index is 11.4. The van der Waals surface area contributed by atoms with Crippen LogP contribution in [0.3, 0.4) is 0 Å². The average molecular weight is 331 g/mol. The monoisotopic (exact) mass is 331 g/mol. The summed E-state index contributed by atoms with van der Waals surface area (Å²) in [5.41, 5.74) is 10.1. The molecular weight excluding hydrogens is 306 g/mol. The Labute approximate surface area is 142 Å². The summed E-state index contributed by atoms with van der Waals surface area (Å²) in [6.45, 7) is 5.87. The van der Waals surface area contributed by atoms with Crippen molar-refractivity contribution in [3.63, 3.8) is 0 Å². The first-order valence-electron chi connectivity index (χ1n) is 8.45. The van der Waals surface area contributed by atoms with E-state index in [1.165, 1.54) is 5.56 Å². The number of aliphatic hydroxyl groups is 1. The van der Waals surface area contributed by atoms with Crippen LogP contribution in [0.1, 0.15) is 24.5 Å². The molecular formula is C18H25N3O3. The highest BCUT2D eigenvalue weighted by atomic mass is 16.6. The van der Waals surface area contributed by atoms with Crippen LogP contribution < -0.4 is 15.5 Å². The minimum atomic E-state index is -0.957. The topological polar surface area (TPSA) is 79.0 Å². The van der Waals surface area contributed by atoms with Crippen LogP contribution in [0.4, 0.5) is 11.4 Å². The summed E-state index contributed by atoms with van der Waals surface area (Å²) in [4.78, 5) is 15.4. The van der Waals surface area contributed by atoms with Crippen molar-refractivity contribution in [1.82, 2.24) is 0 Å². The van der Waals surface area contributed by atoms with Gasteiger partial charge in [0.05, 0.1) is 12.6 Å². The van der Waals surface area contributed by atoms with Crippen LogP contribution in [0.5, 0.6) is 0 Å². The van der Waals surface area contributed by atoms with E-state index in [0.717, 1.165) is 23.4 Å². The molecule has 0 radical (unpaired) electrons. The van der Waals surface area contributed by atoms with Crippen LogP contribution in [-0.4, -0.2) is 43.0 Å². The molecule has 3 N–H and O–H groups in total. The fourth-order valence-electron chi connectivity index (χ4n) is 3.46. The predicted octanol–water partition coefficient (Wildman–Crippen LogP) is 1.29. The summed E-state index contributed by atoms with van der Waals surface area (Å²) in [5, 5.41) is 10.2. The van der Waals surface area contributed by atoms with Gasteiger partial charge in [0, 0.05) is 37.1 Å². The zero-order chi connectivity index (χ0) is 17.3. The third-order valence-corrected chi connectivity index (χ3v) is 4.80. The molecule has 1 fully saturated rings. The number of carbonyl (C=O) groups is 1. The summed E-state index contributed by atoms with van der Waals surface area (Å²) in [5.74, 6) is 0.168. The number of allylic oxidation sites excluding steroid dienone is 1. The molecule has 24 heavy (non-hydrogen) atoms. The number of hydrogen-bond acceptors (Lipinski definition) is 6. The number of anilines is 2. The van der Waals surface area contributed by atoms with Gasteiger partial charge in [0.2, 0.25) is 6.41 Å². The SMILES string of the molecule is CCc1c(N2CC(CN)OC2O)ccc(N2C=CC(=O)CC2)c1C. The molecule has 1 aromatic carbocycles. The number of rotatable bonds is 4. The van der Waals surface area contributed by atoms with Gasteiger partial charge in [-0.05, 0) is 42.7 Å².